The highest BCUT2D eigenvalue weighted by molar-refractivity contribution is 4.74. The van der Waals surface area contributed by atoms with Gasteiger partial charge in [-0.15, -0.1) is 0 Å². The van der Waals surface area contributed by atoms with Gasteiger partial charge < -0.3 is 5.32 Å². The van der Waals surface area contributed by atoms with Gasteiger partial charge in [-0.2, -0.15) is 0 Å². The molecule has 1 saturated carbocycles. The molecule has 1 aliphatic carbocycles. The van der Waals surface area contributed by atoms with E-state index < -0.39 is 0 Å². The van der Waals surface area contributed by atoms with Crippen LogP contribution in [0.3, 0.4) is 0 Å². The molecular weight excluding hydrogens is 134 g/mol. The lowest BCUT2D eigenvalue weighted by molar-refractivity contribution is 0.405. The SMILES string of the molecule is CC.CNCC1CCCC1C. The molecule has 1 nitrogen and oxygen atoms in total. The van der Waals surface area contributed by atoms with Crippen molar-refractivity contribution in [2.24, 2.45) is 11.8 Å². The largest absolute Gasteiger partial charge is 0.319 e. The Morgan fingerprint density at radius 1 is 1.27 bits per heavy atom. The molecule has 0 heterocycles. The molecule has 1 aliphatic rings. The van der Waals surface area contributed by atoms with Crippen LogP contribution in [0.15, 0.2) is 0 Å². The highest BCUT2D eigenvalue weighted by Crippen LogP contribution is 2.30. The fourth-order valence-electron chi connectivity index (χ4n) is 1.79. The van der Waals surface area contributed by atoms with Crippen molar-refractivity contribution in [1.82, 2.24) is 5.32 Å². The van der Waals surface area contributed by atoms with Crippen LogP contribution in [0.25, 0.3) is 0 Å². The van der Waals surface area contributed by atoms with Gasteiger partial charge in [-0.05, 0) is 31.8 Å². The minimum absolute atomic E-state index is 0.968. The molecule has 11 heavy (non-hydrogen) atoms. The molecule has 2 atom stereocenters. The third-order valence-corrected chi connectivity index (χ3v) is 2.51. The average Bonchev–Trinajstić information content (AvgIpc) is 2.42. The van der Waals surface area contributed by atoms with Gasteiger partial charge in [0.1, 0.15) is 0 Å². The highest BCUT2D eigenvalue weighted by atomic mass is 14.8. The van der Waals surface area contributed by atoms with E-state index >= 15 is 0 Å². The summed E-state index contributed by atoms with van der Waals surface area (Å²) in [5, 5.41) is 3.24. The summed E-state index contributed by atoms with van der Waals surface area (Å²) in [4.78, 5) is 0. The van der Waals surface area contributed by atoms with Crippen LogP contribution in [0.1, 0.15) is 40.0 Å². The second kappa shape index (κ2) is 6.66. The van der Waals surface area contributed by atoms with E-state index in [1.54, 1.807) is 0 Å². The predicted octanol–water partition coefficient (Wildman–Crippen LogP) is 2.67. The Morgan fingerprint density at radius 2 is 1.91 bits per heavy atom. The fraction of sp³-hybridized carbons (Fsp3) is 1.00. The molecule has 1 N–H and O–H groups in total. The molecule has 0 aromatic heterocycles. The van der Waals surface area contributed by atoms with Crippen LogP contribution in [-0.2, 0) is 0 Å². The second-order valence-corrected chi connectivity index (χ2v) is 3.23. The zero-order valence-electron chi connectivity index (χ0n) is 8.48. The van der Waals surface area contributed by atoms with Crippen LogP contribution in [0.5, 0.6) is 0 Å². The fourth-order valence-corrected chi connectivity index (χ4v) is 1.79. The first-order valence-corrected chi connectivity index (χ1v) is 4.99. The number of rotatable bonds is 2. The Balaban J connectivity index is 0.000000461. The van der Waals surface area contributed by atoms with E-state index in [4.69, 9.17) is 0 Å². The van der Waals surface area contributed by atoms with Crippen LogP contribution < -0.4 is 5.32 Å². The maximum atomic E-state index is 3.24. The normalized spacial score (nSPS) is 29.5. The molecule has 0 saturated heterocycles. The Morgan fingerprint density at radius 3 is 2.27 bits per heavy atom. The van der Waals surface area contributed by atoms with Crippen molar-refractivity contribution in [2.75, 3.05) is 13.6 Å². The number of nitrogens with one attached hydrogen (secondary N) is 1. The van der Waals surface area contributed by atoms with Gasteiger partial charge in [0.15, 0.2) is 0 Å². The van der Waals surface area contributed by atoms with Crippen molar-refractivity contribution in [2.45, 2.75) is 40.0 Å². The molecule has 2 unspecified atom stereocenters. The standard InChI is InChI=1S/C8H17N.C2H6/c1-7-4-3-5-8(7)6-9-2;1-2/h7-9H,3-6H2,1-2H3;1-2H3. The van der Waals surface area contributed by atoms with Gasteiger partial charge in [0, 0.05) is 0 Å². The maximum Gasteiger partial charge on any atom is -0.00210 e. The van der Waals surface area contributed by atoms with Gasteiger partial charge in [0.05, 0.1) is 0 Å². The molecule has 0 aliphatic heterocycles. The molecule has 0 amide bonds. The summed E-state index contributed by atoms with van der Waals surface area (Å²) in [6, 6.07) is 0. The molecule has 1 rings (SSSR count). The topological polar surface area (TPSA) is 12.0 Å². The lowest BCUT2D eigenvalue weighted by atomic mass is 9.98. The van der Waals surface area contributed by atoms with Crippen molar-refractivity contribution < 1.29 is 0 Å². The van der Waals surface area contributed by atoms with Crippen LogP contribution in [-0.4, -0.2) is 13.6 Å². The van der Waals surface area contributed by atoms with Crippen molar-refractivity contribution in [3.05, 3.63) is 0 Å². The lowest BCUT2D eigenvalue weighted by Crippen LogP contribution is -2.20. The minimum Gasteiger partial charge on any atom is -0.319 e. The predicted molar refractivity (Wildman–Crippen MR) is 51.8 cm³/mol. The first kappa shape index (κ1) is 11.0. The van der Waals surface area contributed by atoms with Gasteiger partial charge >= 0.3 is 0 Å². The summed E-state index contributed by atoms with van der Waals surface area (Å²) < 4.78 is 0. The summed E-state index contributed by atoms with van der Waals surface area (Å²) in [5.41, 5.74) is 0. The van der Waals surface area contributed by atoms with Crippen molar-refractivity contribution in [3.8, 4) is 0 Å². The third-order valence-electron chi connectivity index (χ3n) is 2.51. The van der Waals surface area contributed by atoms with E-state index in [2.05, 4.69) is 12.2 Å². The van der Waals surface area contributed by atoms with Gasteiger partial charge in [0.2, 0.25) is 0 Å². The summed E-state index contributed by atoms with van der Waals surface area (Å²) in [6.07, 6.45) is 4.35. The van der Waals surface area contributed by atoms with E-state index in [0.717, 1.165) is 11.8 Å². The molecular formula is C10H23N. The van der Waals surface area contributed by atoms with E-state index in [9.17, 15) is 0 Å². The minimum atomic E-state index is 0.968. The molecule has 0 aromatic rings. The van der Waals surface area contributed by atoms with E-state index in [1.807, 2.05) is 20.9 Å². The lowest BCUT2D eigenvalue weighted by Gasteiger charge is -2.13. The molecule has 0 spiro atoms. The van der Waals surface area contributed by atoms with E-state index in [0.29, 0.717) is 0 Å². The summed E-state index contributed by atoms with van der Waals surface area (Å²) in [7, 11) is 2.05. The van der Waals surface area contributed by atoms with E-state index in [-0.39, 0.29) is 0 Å². The summed E-state index contributed by atoms with van der Waals surface area (Å²) in [5.74, 6) is 1.94. The van der Waals surface area contributed by atoms with Crippen molar-refractivity contribution in [3.63, 3.8) is 0 Å². The van der Waals surface area contributed by atoms with E-state index in [1.165, 1.54) is 25.8 Å². The molecule has 0 bridgehead atoms. The molecule has 0 aromatic carbocycles. The van der Waals surface area contributed by atoms with Gasteiger partial charge in [0.25, 0.3) is 0 Å². The van der Waals surface area contributed by atoms with Crippen LogP contribution >= 0.6 is 0 Å². The average molecular weight is 157 g/mol. The first-order chi connectivity index (χ1) is 5.34. The number of hydrogen-bond acceptors (Lipinski definition) is 1. The first-order valence-electron chi connectivity index (χ1n) is 4.99. The van der Waals surface area contributed by atoms with Crippen LogP contribution in [0, 0.1) is 11.8 Å². The van der Waals surface area contributed by atoms with Gasteiger partial charge in [-0.1, -0.05) is 33.6 Å². The third kappa shape index (κ3) is 3.76. The van der Waals surface area contributed by atoms with Crippen molar-refractivity contribution in [1.29, 1.82) is 0 Å². The zero-order valence-corrected chi connectivity index (χ0v) is 8.48. The number of hydrogen-bond donors (Lipinski definition) is 1. The molecule has 1 heteroatoms. The molecule has 68 valence electrons. The Bertz CT molecular complexity index is 80.9. The van der Waals surface area contributed by atoms with Crippen LogP contribution in [0.2, 0.25) is 0 Å². The monoisotopic (exact) mass is 157 g/mol. The highest BCUT2D eigenvalue weighted by Gasteiger charge is 2.21. The Hall–Kier alpha value is -0.0400. The van der Waals surface area contributed by atoms with Crippen LogP contribution in [0.4, 0.5) is 0 Å². The summed E-state index contributed by atoms with van der Waals surface area (Å²) in [6.45, 7) is 7.59. The second-order valence-electron chi connectivity index (χ2n) is 3.23. The van der Waals surface area contributed by atoms with Gasteiger partial charge in [-0.25, -0.2) is 0 Å². The molecule has 0 radical (unpaired) electrons. The van der Waals surface area contributed by atoms with Crippen molar-refractivity contribution >= 4 is 0 Å². The molecule has 1 fully saturated rings. The quantitative estimate of drug-likeness (QED) is 0.650. The van der Waals surface area contributed by atoms with Gasteiger partial charge in [-0.3, -0.25) is 0 Å². The smallest absolute Gasteiger partial charge is 0.00210 e. The Labute approximate surface area is 71.6 Å². The summed E-state index contributed by atoms with van der Waals surface area (Å²) >= 11 is 0. The maximum absolute atomic E-state index is 3.24. The Kier molecular flexibility index (Phi) is 6.63. The zero-order chi connectivity index (χ0) is 8.69.